The molecule has 0 radical (unpaired) electrons. The molecule has 0 rings (SSSR count). The molecule has 0 amide bonds. The van der Waals surface area contributed by atoms with Crippen LogP contribution in [0.15, 0.2) is 11.3 Å². The third kappa shape index (κ3) is 5.42. The molecule has 0 saturated heterocycles. The number of hydrogen-bond donors (Lipinski definition) is 0. The van der Waals surface area contributed by atoms with Gasteiger partial charge in [0.1, 0.15) is 5.76 Å². The van der Waals surface area contributed by atoms with Gasteiger partial charge in [-0.3, -0.25) is 0 Å². The first kappa shape index (κ1) is 14.0. The van der Waals surface area contributed by atoms with Crippen LogP contribution in [0.2, 0.25) is 0 Å². The van der Waals surface area contributed by atoms with Crippen molar-refractivity contribution in [1.29, 1.82) is 0 Å². The molecule has 4 heteroatoms. The molecular formula is C11H21NO3. The van der Waals surface area contributed by atoms with Gasteiger partial charge in [-0.2, -0.15) is 0 Å². The maximum Gasteiger partial charge on any atom is 0.355 e. The normalized spacial score (nSPS) is 12.4. The molecule has 0 aromatic rings. The van der Waals surface area contributed by atoms with Crippen molar-refractivity contribution in [3.63, 3.8) is 0 Å². The molecule has 0 spiro atoms. The van der Waals surface area contributed by atoms with Gasteiger partial charge in [0.25, 0.3) is 0 Å². The van der Waals surface area contributed by atoms with Crippen LogP contribution < -0.4 is 0 Å². The van der Waals surface area contributed by atoms with Gasteiger partial charge in [0.2, 0.25) is 0 Å². The van der Waals surface area contributed by atoms with Crippen LogP contribution in [0.1, 0.15) is 33.6 Å². The molecule has 0 aromatic carbocycles. The van der Waals surface area contributed by atoms with Gasteiger partial charge in [-0.15, -0.1) is 5.06 Å². The Morgan fingerprint density at radius 2 is 1.87 bits per heavy atom. The Hall–Kier alpha value is -1.03. The first-order chi connectivity index (χ1) is 7.02. The predicted molar refractivity (Wildman–Crippen MR) is 59.0 cm³/mol. The minimum atomic E-state index is -0.350. The van der Waals surface area contributed by atoms with E-state index < -0.39 is 0 Å². The van der Waals surface area contributed by atoms with Crippen LogP contribution in [-0.4, -0.2) is 31.7 Å². The van der Waals surface area contributed by atoms with Crippen LogP contribution in [0.3, 0.4) is 0 Å². The highest BCUT2D eigenvalue weighted by atomic mass is 16.7. The molecule has 0 N–H and O–H groups in total. The summed E-state index contributed by atoms with van der Waals surface area (Å²) >= 11 is 0. The quantitative estimate of drug-likeness (QED) is 0.386. The van der Waals surface area contributed by atoms with Crippen LogP contribution in [0, 0.1) is 0 Å². The molecule has 0 bridgehead atoms. The van der Waals surface area contributed by atoms with E-state index in [1.54, 1.807) is 21.0 Å². The van der Waals surface area contributed by atoms with Crippen molar-refractivity contribution in [1.82, 2.24) is 5.06 Å². The standard InChI is InChI=1S/C11H21NO3/c1-6-8-10(14-7-2)9(3)11(13)15-12(4)5/h6-8H2,1-5H3. The van der Waals surface area contributed by atoms with Crippen molar-refractivity contribution in [2.75, 3.05) is 20.7 Å². The van der Waals surface area contributed by atoms with E-state index in [2.05, 4.69) is 0 Å². The van der Waals surface area contributed by atoms with Gasteiger partial charge in [0.05, 0.1) is 12.2 Å². The number of hydroxylamine groups is 2. The summed E-state index contributed by atoms with van der Waals surface area (Å²) in [6.07, 6.45) is 1.71. The Kier molecular flexibility index (Phi) is 6.79. The number of rotatable bonds is 6. The molecule has 0 heterocycles. The molecule has 0 aliphatic carbocycles. The van der Waals surface area contributed by atoms with Gasteiger partial charge in [-0.1, -0.05) is 6.92 Å². The highest BCUT2D eigenvalue weighted by Crippen LogP contribution is 2.14. The van der Waals surface area contributed by atoms with Crippen molar-refractivity contribution in [2.24, 2.45) is 0 Å². The summed E-state index contributed by atoms with van der Waals surface area (Å²) in [7, 11) is 3.34. The van der Waals surface area contributed by atoms with E-state index in [0.717, 1.165) is 18.6 Å². The maximum atomic E-state index is 11.5. The van der Waals surface area contributed by atoms with E-state index in [4.69, 9.17) is 9.57 Å². The molecule has 0 unspecified atom stereocenters. The number of carbonyl (C=O) groups is 1. The number of allylic oxidation sites excluding steroid dienone is 1. The molecule has 0 saturated carbocycles. The highest BCUT2D eigenvalue weighted by molar-refractivity contribution is 5.88. The molecule has 0 aromatic heterocycles. The van der Waals surface area contributed by atoms with Crippen LogP contribution in [-0.2, 0) is 14.4 Å². The Bertz CT molecular complexity index is 226. The zero-order valence-electron chi connectivity index (χ0n) is 10.3. The predicted octanol–water partition coefficient (Wildman–Crippen LogP) is 2.12. The van der Waals surface area contributed by atoms with Gasteiger partial charge in [0.15, 0.2) is 0 Å². The molecule has 0 fully saturated rings. The first-order valence-electron chi connectivity index (χ1n) is 5.25. The van der Waals surface area contributed by atoms with E-state index >= 15 is 0 Å². The molecule has 88 valence electrons. The van der Waals surface area contributed by atoms with Crippen molar-refractivity contribution in [2.45, 2.75) is 33.6 Å². The van der Waals surface area contributed by atoms with Gasteiger partial charge >= 0.3 is 5.97 Å². The van der Waals surface area contributed by atoms with E-state index in [1.807, 2.05) is 13.8 Å². The third-order valence-corrected chi connectivity index (χ3v) is 1.79. The van der Waals surface area contributed by atoms with Crippen LogP contribution in [0.5, 0.6) is 0 Å². The van der Waals surface area contributed by atoms with Crippen molar-refractivity contribution >= 4 is 5.97 Å². The second-order valence-electron chi connectivity index (χ2n) is 3.42. The molecule has 0 atom stereocenters. The summed E-state index contributed by atoms with van der Waals surface area (Å²) in [6.45, 7) is 6.25. The van der Waals surface area contributed by atoms with E-state index in [1.165, 1.54) is 5.06 Å². The van der Waals surface area contributed by atoms with E-state index in [-0.39, 0.29) is 5.97 Å². The zero-order valence-corrected chi connectivity index (χ0v) is 10.3. The smallest absolute Gasteiger partial charge is 0.355 e. The molecule has 0 aliphatic heterocycles. The highest BCUT2D eigenvalue weighted by Gasteiger charge is 2.13. The lowest BCUT2D eigenvalue weighted by molar-refractivity contribution is -0.173. The second kappa shape index (κ2) is 7.29. The van der Waals surface area contributed by atoms with Crippen molar-refractivity contribution < 1.29 is 14.4 Å². The summed E-state index contributed by atoms with van der Waals surface area (Å²) in [6, 6.07) is 0. The summed E-state index contributed by atoms with van der Waals surface area (Å²) in [5.41, 5.74) is 0.549. The van der Waals surface area contributed by atoms with Gasteiger partial charge in [0, 0.05) is 20.5 Å². The first-order valence-corrected chi connectivity index (χ1v) is 5.25. The summed E-state index contributed by atoms with van der Waals surface area (Å²) in [5, 5.41) is 1.38. The van der Waals surface area contributed by atoms with Crippen LogP contribution in [0.4, 0.5) is 0 Å². The average Bonchev–Trinajstić information content (AvgIpc) is 2.15. The topological polar surface area (TPSA) is 38.8 Å². The number of hydrogen-bond acceptors (Lipinski definition) is 4. The molecule has 15 heavy (non-hydrogen) atoms. The fraction of sp³-hybridized carbons (Fsp3) is 0.727. The minimum Gasteiger partial charge on any atom is -0.498 e. The fourth-order valence-corrected chi connectivity index (χ4v) is 1.12. The maximum absolute atomic E-state index is 11.5. The van der Waals surface area contributed by atoms with E-state index in [0.29, 0.717) is 12.2 Å². The zero-order chi connectivity index (χ0) is 11.8. The Labute approximate surface area is 91.8 Å². The molecule has 4 nitrogen and oxygen atoms in total. The lowest BCUT2D eigenvalue weighted by atomic mass is 10.2. The Morgan fingerprint density at radius 3 is 2.27 bits per heavy atom. The Morgan fingerprint density at radius 1 is 1.27 bits per heavy atom. The number of ether oxygens (including phenoxy) is 1. The lowest BCUT2D eigenvalue weighted by Crippen LogP contribution is -2.20. The SMILES string of the molecule is CCCC(OCC)=C(C)C(=O)ON(C)C. The summed E-state index contributed by atoms with van der Waals surface area (Å²) in [5.74, 6) is 0.378. The van der Waals surface area contributed by atoms with E-state index in [9.17, 15) is 4.79 Å². The number of carbonyl (C=O) groups excluding carboxylic acids is 1. The van der Waals surface area contributed by atoms with Crippen molar-refractivity contribution in [3.05, 3.63) is 11.3 Å². The number of nitrogens with zero attached hydrogens (tertiary/aromatic N) is 1. The summed E-state index contributed by atoms with van der Waals surface area (Å²) in [4.78, 5) is 16.5. The van der Waals surface area contributed by atoms with Gasteiger partial charge < -0.3 is 9.57 Å². The summed E-state index contributed by atoms with van der Waals surface area (Å²) < 4.78 is 5.41. The van der Waals surface area contributed by atoms with Gasteiger partial charge in [-0.25, -0.2) is 4.79 Å². The largest absolute Gasteiger partial charge is 0.498 e. The second-order valence-corrected chi connectivity index (χ2v) is 3.42. The van der Waals surface area contributed by atoms with Crippen LogP contribution >= 0.6 is 0 Å². The van der Waals surface area contributed by atoms with Crippen molar-refractivity contribution in [3.8, 4) is 0 Å². The minimum absolute atomic E-state index is 0.350. The molecular weight excluding hydrogens is 194 g/mol. The lowest BCUT2D eigenvalue weighted by Gasteiger charge is -2.14. The average molecular weight is 215 g/mol. The Balaban J connectivity index is 4.59. The molecule has 0 aliphatic rings. The fourth-order valence-electron chi connectivity index (χ4n) is 1.12. The third-order valence-electron chi connectivity index (χ3n) is 1.79. The van der Waals surface area contributed by atoms with Gasteiger partial charge in [-0.05, 0) is 20.3 Å². The van der Waals surface area contributed by atoms with Crippen LogP contribution in [0.25, 0.3) is 0 Å². The monoisotopic (exact) mass is 215 g/mol.